The highest BCUT2D eigenvalue weighted by Gasteiger charge is 2.37. The van der Waals surface area contributed by atoms with Crippen LogP contribution in [0, 0.1) is 6.92 Å². The summed E-state index contributed by atoms with van der Waals surface area (Å²) in [7, 11) is 0. The van der Waals surface area contributed by atoms with E-state index in [1.165, 1.54) is 24.4 Å². The summed E-state index contributed by atoms with van der Waals surface area (Å²) in [6, 6.07) is 2.68. The number of hydrogen-bond donors (Lipinski definition) is 0. The van der Waals surface area contributed by atoms with E-state index in [-0.39, 0.29) is 29.0 Å². The monoisotopic (exact) mass is 455 g/mol. The molecule has 5 rings (SSSR count). The molecule has 1 aliphatic heterocycles. The zero-order chi connectivity index (χ0) is 23.2. The van der Waals surface area contributed by atoms with E-state index in [1.807, 2.05) is 4.90 Å². The lowest BCUT2D eigenvalue weighted by atomic mass is 9.98. The van der Waals surface area contributed by atoms with Crippen LogP contribution in [0.25, 0.3) is 33.6 Å². The van der Waals surface area contributed by atoms with Gasteiger partial charge in [-0.2, -0.15) is 18.3 Å². The van der Waals surface area contributed by atoms with Gasteiger partial charge in [-0.05, 0) is 12.1 Å². The molecule has 1 fully saturated rings. The van der Waals surface area contributed by atoms with E-state index >= 15 is 0 Å². The molecule has 4 aromatic heterocycles. The van der Waals surface area contributed by atoms with Crippen LogP contribution >= 0.6 is 0 Å². The SMILES string of the molecule is Cc1nnc(-c2c(-c3cccnc3C(F)(F)F)cnc3cnn(C4CN(C=CC=O)C4)c23)o1. The van der Waals surface area contributed by atoms with Gasteiger partial charge in [0.15, 0.2) is 5.69 Å². The van der Waals surface area contributed by atoms with Gasteiger partial charge in [0.25, 0.3) is 5.89 Å². The highest BCUT2D eigenvalue weighted by Crippen LogP contribution is 2.42. The summed E-state index contributed by atoms with van der Waals surface area (Å²) in [5, 5.41) is 12.4. The lowest BCUT2D eigenvalue weighted by Crippen LogP contribution is -2.44. The summed E-state index contributed by atoms with van der Waals surface area (Å²) < 4.78 is 48.6. The van der Waals surface area contributed by atoms with Crippen molar-refractivity contribution in [2.45, 2.75) is 19.1 Å². The van der Waals surface area contributed by atoms with Gasteiger partial charge in [0.2, 0.25) is 5.89 Å². The number of nitrogens with zero attached hydrogens (tertiary/aromatic N) is 7. The van der Waals surface area contributed by atoms with Gasteiger partial charge >= 0.3 is 6.18 Å². The number of alkyl halides is 3. The second-order valence-electron chi connectivity index (χ2n) is 7.48. The number of aryl methyl sites for hydroxylation is 1. The molecule has 9 nitrogen and oxygen atoms in total. The quantitative estimate of drug-likeness (QED) is 0.333. The molecule has 12 heteroatoms. The Labute approximate surface area is 184 Å². The summed E-state index contributed by atoms with van der Waals surface area (Å²) in [5.74, 6) is 0.327. The Morgan fingerprint density at radius 2 is 1.97 bits per heavy atom. The minimum Gasteiger partial charge on any atom is -0.421 e. The molecule has 0 amide bonds. The number of halogens is 3. The van der Waals surface area contributed by atoms with Crippen molar-refractivity contribution in [1.29, 1.82) is 0 Å². The average Bonchev–Trinajstić information content (AvgIpc) is 3.38. The van der Waals surface area contributed by atoms with Crippen molar-refractivity contribution in [3.63, 3.8) is 0 Å². The average molecular weight is 455 g/mol. The lowest BCUT2D eigenvalue weighted by Gasteiger charge is -2.38. The van der Waals surface area contributed by atoms with Crippen LogP contribution in [0.15, 0.2) is 47.4 Å². The van der Waals surface area contributed by atoms with Gasteiger partial charge in [0.05, 0.1) is 17.8 Å². The van der Waals surface area contributed by atoms with Crippen molar-refractivity contribution in [2.75, 3.05) is 13.1 Å². The lowest BCUT2D eigenvalue weighted by molar-refractivity contribution is -0.140. The number of rotatable bonds is 5. The van der Waals surface area contributed by atoms with Gasteiger partial charge in [0.1, 0.15) is 17.3 Å². The van der Waals surface area contributed by atoms with E-state index in [0.29, 0.717) is 36.0 Å². The molecule has 33 heavy (non-hydrogen) atoms. The molecule has 0 unspecified atom stereocenters. The molecule has 4 aromatic rings. The minimum atomic E-state index is -4.67. The Bertz CT molecular complexity index is 1370. The maximum absolute atomic E-state index is 13.8. The molecule has 0 aliphatic carbocycles. The van der Waals surface area contributed by atoms with Crippen molar-refractivity contribution in [3.8, 4) is 22.6 Å². The molecule has 0 aromatic carbocycles. The second-order valence-corrected chi connectivity index (χ2v) is 7.48. The molecule has 1 saturated heterocycles. The first-order chi connectivity index (χ1) is 15.9. The molecule has 1 aliphatic rings. The van der Waals surface area contributed by atoms with Gasteiger partial charge in [-0.15, -0.1) is 10.2 Å². The van der Waals surface area contributed by atoms with Crippen LogP contribution in [0.1, 0.15) is 17.6 Å². The first-order valence-corrected chi connectivity index (χ1v) is 9.92. The predicted octanol–water partition coefficient (Wildman–Crippen LogP) is 3.44. The van der Waals surface area contributed by atoms with Crippen LogP contribution in [0.3, 0.4) is 0 Å². The van der Waals surface area contributed by atoms with Crippen molar-refractivity contribution in [2.24, 2.45) is 0 Å². The number of allylic oxidation sites excluding steroid dienone is 1. The van der Waals surface area contributed by atoms with Gasteiger partial charge in [-0.1, -0.05) is 6.07 Å². The number of aromatic nitrogens is 6. The van der Waals surface area contributed by atoms with Crippen molar-refractivity contribution >= 4 is 17.3 Å². The van der Waals surface area contributed by atoms with E-state index in [9.17, 15) is 18.0 Å². The molecule has 168 valence electrons. The van der Waals surface area contributed by atoms with Crippen LogP contribution < -0.4 is 0 Å². The smallest absolute Gasteiger partial charge is 0.421 e. The Morgan fingerprint density at radius 1 is 1.15 bits per heavy atom. The molecule has 0 saturated carbocycles. The van der Waals surface area contributed by atoms with Crippen molar-refractivity contribution < 1.29 is 22.4 Å². The highest BCUT2D eigenvalue weighted by molar-refractivity contribution is 5.98. The van der Waals surface area contributed by atoms with Crippen LogP contribution in [0.4, 0.5) is 13.2 Å². The third-order valence-electron chi connectivity index (χ3n) is 5.33. The molecule has 0 spiro atoms. The zero-order valence-electron chi connectivity index (χ0n) is 17.2. The fourth-order valence-electron chi connectivity index (χ4n) is 3.88. The van der Waals surface area contributed by atoms with Gasteiger partial charge in [0, 0.05) is 49.7 Å². The molecule has 0 atom stereocenters. The standard InChI is InChI=1S/C21H16F3N7O2/c1-12-28-29-20(33-12)17-15(14-4-2-5-25-19(14)21(22,23)24)8-26-16-9-27-31(18(16)17)13-10-30(11-13)6-3-7-32/h2-9,13H,10-11H2,1H3. The number of hydrogen-bond acceptors (Lipinski definition) is 8. The normalized spacial score (nSPS) is 14.8. The van der Waals surface area contributed by atoms with Crippen molar-refractivity contribution in [3.05, 3.63) is 54.6 Å². The first-order valence-electron chi connectivity index (χ1n) is 9.92. The Balaban J connectivity index is 1.72. The van der Waals surface area contributed by atoms with Gasteiger partial charge < -0.3 is 9.32 Å². The summed E-state index contributed by atoms with van der Waals surface area (Å²) in [4.78, 5) is 20.4. The van der Waals surface area contributed by atoms with E-state index in [2.05, 4.69) is 25.3 Å². The van der Waals surface area contributed by atoms with Gasteiger partial charge in [-0.25, -0.2) is 0 Å². The second kappa shape index (κ2) is 7.80. The summed E-state index contributed by atoms with van der Waals surface area (Å²) in [6.45, 7) is 2.73. The Hall–Kier alpha value is -4.09. The molecule has 5 heterocycles. The van der Waals surface area contributed by atoms with E-state index in [1.54, 1.807) is 24.0 Å². The molecular formula is C21H16F3N7O2. The zero-order valence-corrected chi connectivity index (χ0v) is 17.2. The Kier molecular flexibility index (Phi) is 4.91. The Morgan fingerprint density at radius 3 is 2.67 bits per heavy atom. The number of aldehydes is 1. The summed E-state index contributed by atoms with van der Waals surface area (Å²) >= 11 is 0. The fourth-order valence-corrected chi connectivity index (χ4v) is 3.88. The predicted molar refractivity (Wildman–Crippen MR) is 110 cm³/mol. The summed E-state index contributed by atoms with van der Waals surface area (Å²) in [6.07, 6.45) is 3.06. The first kappa shape index (κ1) is 20.8. The number of carbonyl (C=O) groups excluding carboxylic acids is 1. The minimum absolute atomic E-state index is 0.0608. The maximum Gasteiger partial charge on any atom is 0.433 e. The summed E-state index contributed by atoms with van der Waals surface area (Å²) in [5.41, 5.74) is 0.232. The van der Waals surface area contributed by atoms with E-state index in [0.717, 1.165) is 6.20 Å². The number of fused-ring (bicyclic) bond motifs is 1. The topological polar surface area (TPSA) is 103 Å². The number of carbonyl (C=O) groups is 1. The molecule has 0 radical (unpaired) electrons. The molecule has 0 bridgehead atoms. The third-order valence-corrected chi connectivity index (χ3v) is 5.33. The maximum atomic E-state index is 13.8. The van der Waals surface area contributed by atoms with E-state index in [4.69, 9.17) is 4.42 Å². The largest absolute Gasteiger partial charge is 0.433 e. The molecule has 0 N–H and O–H groups in total. The van der Waals surface area contributed by atoms with Gasteiger partial charge in [-0.3, -0.25) is 19.4 Å². The highest BCUT2D eigenvalue weighted by atomic mass is 19.4. The fraction of sp³-hybridized carbons (Fsp3) is 0.238. The van der Waals surface area contributed by atoms with Crippen LogP contribution in [-0.2, 0) is 11.0 Å². The van der Waals surface area contributed by atoms with Crippen LogP contribution in [0.5, 0.6) is 0 Å². The van der Waals surface area contributed by atoms with Crippen LogP contribution in [-0.4, -0.2) is 54.2 Å². The molecular weight excluding hydrogens is 439 g/mol. The van der Waals surface area contributed by atoms with E-state index < -0.39 is 11.9 Å². The number of likely N-dealkylation sites (tertiary alicyclic amines) is 1. The number of pyridine rings is 2. The van der Waals surface area contributed by atoms with Crippen LogP contribution in [0.2, 0.25) is 0 Å². The van der Waals surface area contributed by atoms with Crippen molar-refractivity contribution in [1.82, 2.24) is 34.8 Å². The third kappa shape index (κ3) is 3.62.